The average Bonchev–Trinajstić information content (AvgIpc) is 2.61. The van der Waals surface area contributed by atoms with E-state index in [2.05, 4.69) is 15.0 Å². The third-order valence-corrected chi connectivity index (χ3v) is 3.38. The van der Waals surface area contributed by atoms with Crippen LogP contribution in [0, 0.1) is 27.2 Å². The van der Waals surface area contributed by atoms with Gasteiger partial charge in [-0.05, 0) is 6.92 Å². The fourth-order valence-electron chi connectivity index (χ4n) is 2.26. The minimum absolute atomic E-state index is 0.0764. The van der Waals surface area contributed by atoms with E-state index in [1.807, 2.05) is 0 Å². The highest BCUT2D eigenvalue weighted by Gasteiger charge is 2.14. The predicted molar refractivity (Wildman–Crippen MR) is 88.7 cm³/mol. The van der Waals surface area contributed by atoms with Crippen LogP contribution in [0.5, 0.6) is 0 Å². The van der Waals surface area contributed by atoms with E-state index in [1.54, 1.807) is 31.2 Å². The van der Waals surface area contributed by atoms with Crippen molar-refractivity contribution in [1.29, 1.82) is 0 Å². The van der Waals surface area contributed by atoms with Crippen LogP contribution in [0.1, 0.15) is 5.82 Å². The Morgan fingerprint density at radius 2 is 1.20 bits per heavy atom. The molecule has 1 heterocycles. The molecule has 0 fully saturated rings. The molecule has 0 unspecified atom stereocenters. The van der Waals surface area contributed by atoms with Gasteiger partial charge in [0.15, 0.2) is 11.6 Å². The Morgan fingerprint density at radius 1 is 0.760 bits per heavy atom. The lowest BCUT2D eigenvalue weighted by Gasteiger charge is -2.05. The highest BCUT2D eigenvalue weighted by Crippen LogP contribution is 2.25. The number of nitro benzene ring substituents is 2. The van der Waals surface area contributed by atoms with Gasteiger partial charge in [0.05, 0.1) is 9.85 Å². The quantitative estimate of drug-likeness (QED) is 0.528. The Labute approximate surface area is 141 Å². The Morgan fingerprint density at radius 3 is 1.60 bits per heavy atom. The lowest BCUT2D eigenvalue weighted by molar-refractivity contribution is -0.385. The number of rotatable bonds is 4. The highest BCUT2D eigenvalue weighted by atomic mass is 16.6. The smallest absolute Gasteiger partial charge is 0.258 e. The zero-order valence-corrected chi connectivity index (χ0v) is 13.0. The maximum absolute atomic E-state index is 10.9. The fraction of sp³-hybridized carbons (Fsp3) is 0.0625. The number of benzene rings is 2. The van der Waals surface area contributed by atoms with Gasteiger partial charge in [-0.1, -0.05) is 24.3 Å². The van der Waals surface area contributed by atoms with Crippen LogP contribution in [-0.4, -0.2) is 24.8 Å². The molecule has 9 heteroatoms. The molecule has 0 saturated carbocycles. The second kappa shape index (κ2) is 6.40. The van der Waals surface area contributed by atoms with Crippen LogP contribution in [0.3, 0.4) is 0 Å². The van der Waals surface area contributed by atoms with Crippen LogP contribution in [-0.2, 0) is 0 Å². The summed E-state index contributed by atoms with van der Waals surface area (Å²) in [5, 5.41) is 21.9. The van der Waals surface area contributed by atoms with Gasteiger partial charge in [-0.3, -0.25) is 20.2 Å². The lowest BCUT2D eigenvalue weighted by atomic mass is 10.1. The van der Waals surface area contributed by atoms with E-state index < -0.39 is 9.85 Å². The summed E-state index contributed by atoms with van der Waals surface area (Å²) in [6.07, 6.45) is 0. The topological polar surface area (TPSA) is 125 Å². The van der Waals surface area contributed by atoms with Crippen LogP contribution in [0.15, 0.2) is 48.5 Å². The molecule has 0 aliphatic heterocycles. The molecule has 0 amide bonds. The predicted octanol–water partition coefficient (Wildman–Crippen LogP) is 3.33. The number of hydrogen-bond acceptors (Lipinski definition) is 7. The lowest BCUT2D eigenvalue weighted by Crippen LogP contribution is -2.00. The molecule has 0 bridgehead atoms. The van der Waals surface area contributed by atoms with Crippen molar-refractivity contribution in [3.63, 3.8) is 0 Å². The molecule has 3 aromatic rings. The second-order valence-corrected chi connectivity index (χ2v) is 5.14. The molecule has 0 N–H and O–H groups in total. The normalized spacial score (nSPS) is 10.4. The molecule has 25 heavy (non-hydrogen) atoms. The van der Waals surface area contributed by atoms with Gasteiger partial charge in [-0.25, -0.2) is 15.0 Å². The SMILES string of the molecule is Cc1nc(-c2cccc([N+](=O)[O-])c2)nc(-c2cccc([N+](=O)[O-])c2)n1. The average molecular weight is 337 g/mol. The van der Waals surface area contributed by atoms with Gasteiger partial charge < -0.3 is 0 Å². The first-order chi connectivity index (χ1) is 11.9. The first-order valence-electron chi connectivity index (χ1n) is 7.16. The van der Waals surface area contributed by atoms with E-state index in [-0.39, 0.29) is 23.0 Å². The van der Waals surface area contributed by atoms with Crippen molar-refractivity contribution in [3.05, 3.63) is 74.6 Å². The van der Waals surface area contributed by atoms with Crippen molar-refractivity contribution in [2.24, 2.45) is 0 Å². The molecule has 0 saturated heterocycles. The Bertz CT molecular complexity index is 914. The largest absolute Gasteiger partial charge is 0.270 e. The molecule has 1 aromatic heterocycles. The molecule has 0 aliphatic carbocycles. The molecule has 0 radical (unpaired) electrons. The van der Waals surface area contributed by atoms with Crippen molar-refractivity contribution in [1.82, 2.24) is 15.0 Å². The summed E-state index contributed by atoms with van der Waals surface area (Å²) < 4.78 is 0. The van der Waals surface area contributed by atoms with Crippen molar-refractivity contribution in [2.75, 3.05) is 0 Å². The van der Waals surface area contributed by atoms with E-state index in [0.29, 0.717) is 17.0 Å². The van der Waals surface area contributed by atoms with Crippen molar-refractivity contribution >= 4 is 11.4 Å². The molecule has 0 aliphatic rings. The standard InChI is InChI=1S/C16H11N5O4/c1-10-17-15(11-4-2-6-13(8-11)20(22)23)19-16(18-10)12-5-3-7-14(9-12)21(24)25/h2-9H,1H3. The first-order valence-corrected chi connectivity index (χ1v) is 7.16. The van der Waals surface area contributed by atoms with Gasteiger partial charge in [-0.2, -0.15) is 0 Å². The Balaban J connectivity index is 2.10. The Kier molecular flexibility index (Phi) is 4.12. The summed E-state index contributed by atoms with van der Waals surface area (Å²) >= 11 is 0. The zero-order valence-electron chi connectivity index (χ0n) is 13.0. The molecule has 3 rings (SSSR count). The Hall–Kier alpha value is -3.75. The van der Waals surface area contributed by atoms with Crippen LogP contribution >= 0.6 is 0 Å². The molecular formula is C16H11N5O4. The number of hydrogen-bond donors (Lipinski definition) is 0. The molecular weight excluding hydrogens is 326 g/mol. The first kappa shape index (κ1) is 16.1. The van der Waals surface area contributed by atoms with Gasteiger partial charge in [-0.15, -0.1) is 0 Å². The van der Waals surface area contributed by atoms with Gasteiger partial charge in [0, 0.05) is 35.4 Å². The van der Waals surface area contributed by atoms with E-state index in [0.717, 1.165) is 0 Å². The van der Waals surface area contributed by atoms with Crippen molar-refractivity contribution in [2.45, 2.75) is 6.92 Å². The van der Waals surface area contributed by atoms with Gasteiger partial charge in [0.25, 0.3) is 11.4 Å². The zero-order chi connectivity index (χ0) is 18.0. The summed E-state index contributed by atoms with van der Waals surface area (Å²) in [6, 6.07) is 11.9. The van der Waals surface area contributed by atoms with E-state index in [4.69, 9.17) is 0 Å². The summed E-state index contributed by atoms with van der Waals surface area (Å²) in [4.78, 5) is 33.6. The maximum atomic E-state index is 10.9. The van der Waals surface area contributed by atoms with Crippen LogP contribution < -0.4 is 0 Å². The summed E-state index contributed by atoms with van der Waals surface area (Å²) in [5.74, 6) is 0.924. The molecule has 9 nitrogen and oxygen atoms in total. The third-order valence-electron chi connectivity index (χ3n) is 3.38. The second-order valence-electron chi connectivity index (χ2n) is 5.14. The number of nitrogens with zero attached hydrogens (tertiary/aromatic N) is 5. The highest BCUT2D eigenvalue weighted by molar-refractivity contribution is 5.64. The number of aromatic nitrogens is 3. The summed E-state index contributed by atoms with van der Waals surface area (Å²) in [6.45, 7) is 1.66. The third kappa shape index (κ3) is 3.44. The van der Waals surface area contributed by atoms with Gasteiger partial charge >= 0.3 is 0 Å². The van der Waals surface area contributed by atoms with Crippen molar-refractivity contribution < 1.29 is 9.85 Å². The van der Waals surface area contributed by atoms with Crippen LogP contribution in [0.4, 0.5) is 11.4 Å². The van der Waals surface area contributed by atoms with Crippen LogP contribution in [0.2, 0.25) is 0 Å². The molecule has 0 atom stereocenters. The molecule has 0 spiro atoms. The molecule has 2 aromatic carbocycles. The number of non-ortho nitro benzene ring substituents is 2. The summed E-state index contributed by atoms with van der Waals surface area (Å²) in [7, 11) is 0. The number of nitro groups is 2. The summed E-state index contributed by atoms with van der Waals surface area (Å²) in [5.41, 5.74) is 0.776. The minimum Gasteiger partial charge on any atom is -0.258 e. The van der Waals surface area contributed by atoms with Gasteiger partial charge in [0.2, 0.25) is 0 Å². The van der Waals surface area contributed by atoms with E-state index >= 15 is 0 Å². The van der Waals surface area contributed by atoms with E-state index in [1.165, 1.54) is 24.3 Å². The number of aryl methyl sites for hydroxylation is 1. The van der Waals surface area contributed by atoms with Crippen molar-refractivity contribution in [3.8, 4) is 22.8 Å². The van der Waals surface area contributed by atoms with Crippen LogP contribution in [0.25, 0.3) is 22.8 Å². The van der Waals surface area contributed by atoms with E-state index in [9.17, 15) is 20.2 Å². The molecule has 124 valence electrons. The fourth-order valence-corrected chi connectivity index (χ4v) is 2.26. The minimum atomic E-state index is -0.501. The van der Waals surface area contributed by atoms with Gasteiger partial charge in [0.1, 0.15) is 5.82 Å². The monoisotopic (exact) mass is 337 g/mol. The maximum Gasteiger partial charge on any atom is 0.270 e.